The lowest BCUT2D eigenvalue weighted by Crippen LogP contribution is -2.25. The van der Waals surface area contributed by atoms with E-state index >= 15 is 0 Å². The van der Waals surface area contributed by atoms with Gasteiger partial charge < -0.3 is 5.32 Å². The second-order valence-corrected chi connectivity index (χ2v) is 6.64. The Bertz CT molecular complexity index is 380. The van der Waals surface area contributed by atoms with Crippen molar-refractivity contribution in [2.45, 2.75) is 77.7 Å². The number of nitrogens with one attached hydrogen (secondary N) is 1. The molecular weight excluding hydrogens is 258 g/mol. The molecule has 1 atom stereocenters. The summed E-state index contributed by atoms with van der Waals surface area (Å²) in [5.74, 6) is 0.733. The number of rotatable bonds is 9. The van der Waals surface area contributed by atoms with Crippen LogP contribution in [-0.4, -0.2) is 22.9 Å². The number of hydrogen-bond acceptors (Lipinski definition) is 2. The Hall–Kier alpha value is -0.830. The molecule has 1 saturated carbocycles. The summed E-state index contributed by atoms with van der Waals surface area (Å²) in [5, 5.41) is 8.45. The monoisotopic (exact) mass is 291 g/mol. The predicted molar refractivity (Wildman–Crippen MR) is 89.6 cm³/mol. The number of nitrogens with zero attached hydrogens (tertiary/aromatic N) is 2. The van der Waals surface area contributed by atoms with Crippen LogP contribution in [0.1, 0.15) is 76.9 Å². The average molecular weight is 291 g/mol. The predicted octanol–water partition coefficient (Wildman–Crippen LogP) is 4.35. The third-order valence-corrected chi connectivity index (χ3v) is 4.67. The molecule has 0 spiro atoms. The molecule has 1 unspecified atom stereocenters. The lowest BCUT2D eigenvalue weighted by Gasteiger charge is -2.22. The summed E-state index contributed by atoms with van der Waals surface area (Å²) in [7, 11) is 0. The Kier molecular flexibility index (Phi) is 7.28. The lowest BCUT2D eigenvalue weighted by atomic mass is 9.96. The minimum absolute atomic E-state index is 0.662. The largest absolute Gasteiger partial charge is 0.316 e. The molecule has 1 N–H and O–H groups in total. The quantitative estimate of drug-likeness (QED) is 0.686. The summed E-state index contributed by atoms with van der Waals surface area (Å²) in [5.41, 5.74) is 1.29. The first kappa shape index (κ1) is 16.5. The van der Waals surface area contributed by atoms with E-state index in [1.54, 1.807) is 0 Å². The first-order valence-corrected chi connectivity index (χ1v) is 9.08. The van der Waals surface area contributed by atoms with Gasteiger partial charge in [-0.2, -0.15) is 5.10 Å². The number of hydrogen-bond donors (Lipinski definition) is 1. The van der Waals surface area contributed by atoms with Crippen LogP contribution in [0.2, 0.25) is 0 Å². The van der Waals surface area contributed by atoms with E-state index in [1.807, 2.05) is 0 Å². The Morgan fingerprint density at radius 1 is 1.24 bits per heavy atom. The zero-order valence-corrected chi connectivity index (χ0v) is 14.0. The van der Waals surface area contributed by atoms with Gasteiger partial charge in [-0.25, -0.2) is 0 Å². The molecule has 1 heterocycles. The lowest BCUT2D eigenvalue weighted by molar-refractivity contribution is 0.326. The summed E-state index contributed by atoms with van der Waals surface area (Å²) in [4.78, 5) is 0. The fraction of sp³-hybridized carbons (Fsp3) is 0.833. The average Bonchev–Trinajstić information content (AvgIpc) is 2.97. The summed E-state index contributed by atoms with van der Waals surface area (Å²) in [6.45, 7) is 6.79. The molecule has 1 aliphatic carbocycles. The molecule has 3 nitrogen and oxygen atoms in total. The zero-order valence-electron chi connectivity index (χ0n) is 14.0. The van der Waals surface area contributed by atoms with Crippen LogP contribution >= 0.6 is 0 Å². The normalized spacial score (nSPS) is 18.0. The highest BCUT2D eigenvalue weighted by Gasteiger charge is 2.17. The van der Waals surface area contributed by atoms with E-state index in [-0.39, 0.29) is 0 Å². The molecule has 0 radical (unpaired) electrons. The highest BCUT2D eigenvalue weighted by atomic mass is 15.3. The first-order chi connectivity index (χ1) is 10.3. The number of aromatic nitrogens is 2. The molecule has 0 aliphatic heterocycles. The Morgan fingerprint density at radius 3 is 2.76 bits per heavy atom. The van der Waals surface area contributed by atoms with Crippen molar-refractivity contribution in [3.63, 3.8) is 0 Å². The van der Waals surface area contributed by atoms with Gasteiger partial charge in [0.1, 0.15) is 0 Å². The molecule has 3 heteroatoms. The van der Waals surface area contributed by atoms with Crippen molar-refractivity contribution in [2.75, 3.05) is 13.1 Å². The Morgan fingerprint density at radius 2 is 2.05 bits per heavy atom. The smallest absolute Gasteiger partial charge is 0.0627 e. The second-order valence-electron chi connectivity index (χ2n) is 6.64. The Balaban J connectivity index is 1.86. The molecule has 0 bridgehead atoms. The van der Waals surface area contributed by atoms with Crippen LogP contribution in [0.25, 0.3) is 0 Å². The highest BCUT2D eigenvalue weighted by molar-refractivity contribution is 5.01. The van der Waals surface area contributed by atoms with E-state index in [0.717, 1.165) is 25.4 Å². The van der Waals surface area contributed by atoms with Gasteiger partial charge in [0.15, 0.2) is 0 Å². The molecule has 1 aromatic rings. The van der Waals surface area contributed by atoms with Crippen molar-refractivity contribution in [3.8, 4) is 0 Å². The molecule has 0 aromatic carbocycles. The highest BCUT2D eigenvalue weighted by Crippen LogP contribution is 2.27. The maximum absolute atomic E-state index is 4.87. The molecule has 1 aromatic heterocycles. The molecular formula is C18H33N3. The van der Waals surface area contributed by atoms with Crippen molar-refractivity contribution in [3.05, 3.63) is 18.0 Å². The molecule has 0 amide bonds. The first-order valence-electron chi connectivity index (χ1n) is 9.08. The van der Waals surface area contributed by atoms with Crippen LogP contribution in [0, 0.1) is 5.92 Å². The van der Waals surface area contributed by atoms with Crippen LogP contribution < -0.4 is 5.32 Å². The molecule has 1 fully saturated rings. The molecule has 2 rings (SSSR count). The van der Waals surface area contributed by atoms with Gasteiger partial charge in [0.25, 0.3) is 0 Å². The van der Waals surface area contributed by atoms with Gasteiger partial charge in [0, 0.05) is 6.20 Å². The SMILES string of the molecule is CCCNCC(CCC)Cc1ccn(C2CCCCC2)n1. The van der Waals surface area contributed by atoms with E-state index in [4.69, 9.17) is 5.10 Å². The Labute approximate surface area is 130 Å². The van der Waals surface area contributed by atoms with Gasteiger partial charge in [-0.3, -0.25) is 4.68 Å². The van der Waals surface area contributed by atoms with Crippen molar-refractivity contribution in [1.29, 1.82) is 0 Å². The van der Waals surface area contributed by atoms with Gasteiger partial charge in [0.05, 0.1) is 11.7 Å². The topological polar surface area (TPSA) is 29.9 Å². The van der Waals surface area contributed by atoms with Crippen LogP contribution in [0.4, 0.5) is 0 Å². The molecule has 21 heavy (non-hydrogen) atoms. The van der Waals surface area contributed by atoms with Gasteiger partial charge in [0.2, 0.25) is 0 Å². The van der Waals surface area contributed by atoms with Crippen molar-refractivity contribution in [2.24, 2.45) is 5.92 Å². The van der Waals surface area contributed by atoms with Crippen LogP contribution in [0.3, 0.4) is 0 Å². The van der Waals surface area contributed by atoms with Crippen molar-refractivity contribution >= 4 is 0 Å². The maximum atomic E-state index is 4.87. The van der Waals surface area contributed by atoms with E-state index in [0.29, 0.717) is 6.04 Å². The summed E-state index contributed by atoms with van der Waals surface area (Å²) in [6, 6.07) is 2.91. The van der Waals surface area contributed by atoms with Gasteiger partial charge in [-0.1, -0.05) is 39.5 Å². The van der Waals surface area contributed by atoms with Crippen LogP contribution in [0.5, 0.6) is 0 Å². The fourth-order valence-electron chi connectivity index (χ4n) is 3.50. The summed E-state index contributed by atoms with van der Waals surface area (Å²) >= 11 is 0. The van der Waals surface area contributed by atoms with Crippen LogP contribution in [-0.2, 0) is 6.42 Å². The van der Waals surface area contributed by atoms with E-state index in [9.17, 15) is 0 Å². The summed E-state index contributed by atoms with van der Waals surface area (Å²) in [6.07, 6.45) is 13.9. The fourth-order valence-corrected chi connectivity index (χ4v) is 3.50. The van der Waals surface area contributed by atoms with E-state index in [1.165, 1.54) is 57.1 Å². The van der Waals surface area contributed by atoms with Crippen LogP contribution in [0.15, 0.2) is 12.3 Å². The molecule has 120 valence electrons. The third kappa shape index (κ3) is 5.46. The summed E-state index contributed by atoms with van der Waals surface area (Å²) < 4.78 is 2.25. The minimum atomic E-state index is 0.662. The van der Waals surface area contributed by atoms with Gasteiger partial charge in [-0.15, -0.1) is 0 Å². The van der Waals surface area contributed by atoms with E-state index in [2.05, 4.69) is 36.1 Å². The minimum Gasteiger partial charge on any atom is -0.316 e. The van der Waals surface area contributed by atoms with E-state index < -0.39 is 0 Å². The zero-order chi connectivity index (χ0) is 14.9. The third-order valence-electron chi connectivity index (χ3n) is 4.67. The van der Waals surface area contributed by atoms with Gasteiger partial charge in [-0.05, 0) is 57.2 Å². The maximum Gasteiger partial charge on any atom is 0.0627 e. The van der Waals surface area contributed by atoms with Crippen molar-refractivity contribution in [1.82, 2.24) is 15.1 Å². The standard InChI is InChI=1S/C18H33N3/c1-3-8-16(15-19-12-4-2)14-17-11-13-21(20-17)18-9-6-5-7-10-18/h11,13,16,18-19H,3-10,12,14-15H2,1-2H3. The van der Waals surface area contributed by atoms with Gasteiger partial charge >= 0.3 is 0 Å². The molecule has 0 saturated heterocycles. The molecule has 1 aliphatic rings. The second kappa shape index (κ2) is 9.24. The van der Waals surface area contributed by atoms with Crippen molar-refractivity contribution < 1.29 is 0 Å².